The van der Waals surface area contributed by atoms with Crippen molar-refractivity contribution in [1.29, 1.82) is 0 Å². The van der Waals surface area contributed by atoms with Crippen LogP contribution >= 0.6 is 11.3 Å². The summed E-state index contributed by atoms with van der Waals surface area (Å²) in [5.74, 6) is 1.18. The molecule has 1 N–H and O–H groups in total. The fourth-order valence-electron chi connectivity index (χ4n) is 4.04. The summed E-state index contributed by atoms with van der Waals surface area (Å²) < 4.78 is 11.0. The molecule has 1 aromatic heterocycles. The first-order valence-electron chi connectivity index (χ1n) is 9.84. The Kier molecular flexibility index (Phi) is 5.40. The average molecular weight is 400 g/mol. The number of benzene rings is 1. The van der Waals surface area contributed by atoms with E-state index in [9.17, 15) is 9.59 Å². The van der Waals surface area contributed by atoms with Gasteiger partial charge in [-0.3, -0.25) is 4.79 Å². The number of hydrogen-bond acceptors (Lipinski definition) is 5. The molecule has 2 aliphatic rings. The largest absolute Gasteiger partial charge is 0.488 e. The van der Waals surface area contributed by atoms with E-state index >= 15 is 0 Å². The normalized spacial score (nSPS) is 23.1. The van der Waals surface area contributed by atoms with Crippen LogP contribution in [0.5, 0.6) is 5.75 Å². The number of fused-ring (bicyclic) bond motifs is 3. The fraction of sp³-hybridized carbons (Fsp3) is 0.455. The van der Waals surface area contributed by atoms with Crippen LogP contribution in [0.3, 0.4) is 0 Å². The minimum Gasteiger partial charge on any atom is -0.488 e. The topological polar surface area (TPSA) is 64.6 Å². The van der Waals surface area contributed by atoms with E-state index in [1.807, 2.05) is 24.3 Å². The van der Waals surface area contributed by atoms with Crippen LogP contribution in [0.2, 0.25) is 0 Å². The minimum atomic E-state index is -0.461. The van der Waals surface area contributed by atoms with E-state index in [1.165, 1.54) is 17.8 Å². The molecule has 3 atom stereocenters. The van der Waals surface area contributed by atoms with Crippen molar-refractivity contribution in [1.82, 2.24) is 5.32 Å². The predicted octanol–water partition coefficient (Wildman–Crippen LogP) is 4.41. The van der Waals surface area contributed by atoms with Crippen LogP contribution in [-0.2, 0) is 16.1 Å². The van der Waals surface area contributed by atoms with Gasteiger partial charge in [0.15, 0.2) is 6.61 Å². The lowest BCUT2D eigenvalue weighted by Gasteiger charge is -2.34. The van der Waals surface area contributed by atoms with Crippen molar-refractivity contribution >= 4 is 23.2 Å². The summed E-state index contributed by atoms with van der Waals surface area (Å²) in [4.78, 5) is 26.2. The summed E-state index contributed by atoms with van der Waals surface area (Å²) in [6.07, 6.45) is 3.32. The Labute approximate surface area is 169 Å². The number of carbonyl (C=O) groups is 2. The highest BCUT2D eigenvalue weighted by Gasteiger charge is 2.28. The van der Waals surface area contributed by atoms with Crippen LogP contribution in [0.1, 0.15) is 48.3 Å². The number of hydrogen-bond donors (Lipinski definition) is 1. The van der Waals surface area contributed by atoms with E-state index in [2.05, 4.69) is 19.2 Å². The molecule has 0 saturated heterocycles. The maximum atomic E-state index is 12.5. The fourth-order valence-corrected chi connectivity index (χ4v) is 5.13. The molecule has 0 radical (unpaired) electrons. The van der Waals surface area contributed by atoms with E-state index < -0.39 is 5.97 Å². The average Bonchev–Trinajstić information content (AvgIpc) is 3.15. The molecule has 6 heteroatoms. The third-order valence-corrected chi connectivity index (χ3v) is 7.10. The van der Waals surface area contributed by atoms with E-state index in [1.54, 1.807) is 6.07 Å². The third kappa shape index (κ3) is 3.78. The second-order valence-electron chi connectivity index (χ2n) is 7.77. The SMILES string of the molecule is C[C@H]1[C@@H](NC(=O)COC(=O)c2cc3c(s2)-c2ccccc2OC3)CCC[C@@H]1C. The zero-order valence-corrected chi connectivity index (χ0v) is 17.0. The minimum absolute atomic E-state index is 0.164. The number of rotatable bonds is 4. The first-order chi connectivity index (χ1) is 13.5. The van der Waals surface area contributed by atoms with Crippen molar-refractivity contribution in [3.63, 3.8) is 0 Å². The summed E-state index contributed by atoms with van der Waals surface area (Å²) in [7, 11) is 0. The molecule has 1 saturated carbocycles. The first-order valence-corrected chi connectivity index (χ1v) is 10.7. The summed E-state index contributed by atoms with van der Waals surface area (Å²) >= 11 is 1.39. The van der Waals surface area contributed by atoms with E-state index in [0.717, 1.165) is 34.6 Å². The van der Waals surface area contributed by atoms with Gasteiger partial charge in [-0.15, -0.1) is 11.3 Å². The van der Waals surface area contributed by atoms with Gasteiger partial charge in [0.05, 0.1) is 0 Å². The van der Waals surface area contributed by atoms with Gasteiger partial charge in [-0.05, 0) is 36.5 Å². The second-order valence-corrected chi connectivity index (χ2v) is 8.82. The van der Waals surface area contributed by atoms with Crippen molar-refractivity contribution in [3.8, 4) is 16.2 Å². The van der Waals surface area contributed by atoms with Crippen LogP contribution in [0, 0.1) is 11.8 Å². The van der Waals surface area contributed by atoms with Gasteiger partial charge in [-0.1, -0.05) is 38.8 Å². The van der Waals surface area contributed by atoms with Crippen LogP contribution in [0.15, 0.2) is 30.3 Å². The molecule has 5 nitrogen and oxygen atoms in total. The van der Waals surface area contributed by atoms with Gasteiger partial charge in [-0.25, -0.2) is 4.79 Å². The zero-order chi connectivity index (χ0) is 19.7. The molecular weight excluding hydrogens is 374 g/mol. The second kappa shape index (κ2) is 7.95. The number of nitrogens with one attached hydrogen (secondary N) is 1. The molecule has 0 unspecified atom stereocenters. The predicted molar refractivity (Wildman–Crippen MR) is 108 cm³/mol. The summed E-state index contributed by atoms with van der Waals surface area (Å²) in [5.41, 5.74) is 1.97. The molecule has 0 spiro atoms. The Morgan fingerprint density at radius 2 is 2.07 bits per heavy atom. The molecular formula is C22H25NO4S. The maximum Gasteiger partial charge on any atom is 0.348 e. The van der Waals surface area contributed by atoms with Gasteiger partial charge in [0, 0.05) is 22.0 Å². The zero-order valence-electron chi connectivity index (χ0n) is 16.2. The van der Waals surface area contributed by atoms with Crippen LogP contribution in [0.4, 0.5) is 0 Å². The lowest BCUT2D eigenvalue weighted by molar-refractivity contribution is -0.125. The van der Waals surface area contributed by atoms with Crippen LogP contribution in [0.25, 0.3) is 10.4 Å². The van der Waals surface area contributed by atoms with Crippen molar-refractivity contribution in [2.75, 3.05) is 6.61 Å². The molecule has 2 aromatic rings. The molecule has 0 bridgehead atoms. The number of carbonyl (C=O) groups excluding carboxylic acids is 2. The molecule has 28 heavy (non-hydrogen) atoms. The molecule has 4 rings (SSSR count). The van der Waals surface area contributed by atoms with Crippen LogP contribution < -0.4 is 10.1 Å². The number of para-hydroxylation sites is 1. The Hall–Kier alpha value is -2.34. The summed E-state index contributed by atoms with van der Waals surface area (Å²) in [6.45, 7) is 4.60. The molecule has 1 fully saturated rings. The maximum absolute atomic E-state index is 12.5. The van der Waals surface area contributed by atoms with E-state index in [4.69, 9.17) is 9.47 Å². The first kappa shape index (κ1) is 19.0. The molecule has 1 aliphatic carbocycles. The van der Waals surface area contributed by atoms with Gasteiger partial charge in [0.1, 0.15) is 17.2 Å². The van der Waals surface area contributed by atoms with Crippen LogP contribution in [-0.4, -0.2) is 24.5 Å². The van der Waals surface area contributed by atoms with Gasteiger partial charge in [0.2, 0.25) is 0 Å². The third-order valence-electron chi connectivity index (χ3n) is 5.91. The number of amides is 1. The lowest BCUT2D eigenvalue weighted by atomic mass is 9.78. The molecule has 1 amide bonds. The van der Waals surface area contributed by atoms with E-state index in [-0.39, 0.29) is 18.6 Å². The number of ether oxygens (including phenoxy) is 2. The highest BCUT2D eigenvalue weighted by molar-refractivity contribution is 7.17. The lowest BCUT2D eigenvalue weighted by Crippen LogP contribution is -2.45. The Morgan fingerprint density at radius 1 is 1.25 bits per heavy atom. The highest BCUT2D eigenvalue weighted by Crippen LogP contribution is 2.42. The van der Waals surface area contributed by atoms with E-state index in [0.29, 0.717) is 23.3 Å². The Bertz CT molecular complexity index is 890. The highest BCUT2D eigenvalue weighted by atomic mass is 32.1. The molecule has 2 heterocycles. The number of esters is 1. The number of thiophene rings is 1. The summed E-state index contributed by atoms with van der Waals surface area (Å²) in [5, 5.41) is 3.04. The molecule has 148 valence electrons. The van der Waals surface area contributed by atoms with Crippen molar-refractivity contribution in [3.05, 3.63) is 40.8 Å². The van der Waals surface area contributed by atoms with Gasteiger partial charge in [0.25, 0.3) is 5.91 Å². The van der Waals surface area contributed by atoms with Crippen molar-refractivity contribution in [2.24, 2.45) is 11.8 Å². The summed E-state index contributed by atoms with van der Waals surface area (Å²) in [6, 6.07) is 9.76. The van der Waals surface area contributed by atoms with Crippen molar-refractivity contribution < 1.29 is 19.1 Å². The Balaban J connectivity index is 1.36. The monoisotopic (exact) mass is 399 g/mol. The quantitative estimate of drug-likeness (QED) is 0.774. The standard InChI is InChI=1S/C22H25NO4S/c1-13-6-5-8-17(14(13)2)23-20(24)12-27-22(25)19-10-15-11-26-18-9-4-3-7-16(18)21(15)28-19/h3-4,7,9-10,13-14,17H,5-6,8,11-12H2,1-2H3,(H,23,24)/t13-,14+,17-/m0/s1. The van der Waals surface area contributed by atoms with Gasteiger partial charge in [-0.2, -0.15) is 0 Å². The Morgan fingerprint density at radius 3 is 2.93 bits per heavy atom. The smallest absolute Gasteiger partial charge is 0.348 e. The van der Waals surface area contributed by atoms with Crippen molar-refractivity contribution in [2.45, 2.75) is 45.8 Å². The molecule has 1 aromatic carbocycles. The molecule has 1 aliphatic heterocycles. The van der Waals surface area contributed by atoms with Gasteiger partial charge < -0.3 is 14.8 Å². The van der Waals surface area contributed by atoms with Gasteiger partial charge >= 0.3 is 5.97 Å².